The molecule has 0 spiro atoms. The number of aromatic hydroxyl groups is 1. The second-order valence-corrected chi connectivity index (χ2v) is 6.76. The lowest BCUT2D eigenvalue weighted by Crippen LogP contribution is -2.14. The third-order valence-electron chi connectivity index (χ3n) is 2.61. The van der Waals surface area contributed by atoms with Gasteiger partial charge in [0, 0.05) is 12.7 Å². The van der Waals surface area contributed by atoms with Gasteiger partial charge in [-0.3, -0.25) is 4.79 Å². The van der Waals surface area contributed by atoms with E-state index in [1.54, 1.807) is 0 Å². The number of hydrogen-bond donors (Lipinski definition) is 2. The molecule has 0 fully saturated rings. The molecule has 116 valence electrons. The van der Waals surface area contributed by atoms with Crippen LogP contribution in [0.15, 0.2) is 18.2 Å². The van der Waals surface area contributed by atoms with Gasteiger partial charge in [-0.2, -0.15) is 0 Å². The molecule has 0 heterocycles. The first-order chi connectivity index (χ1) is 9.73. The Morgan fingerprint density at radius 2 is 2.00 bits per heavy atom. The van der Waals surface area contributed by atoms with Crippen molar-refractivity contribution >= 4 is 27.4 Å². The quantitative estimate of drug-likeness (QED) is 0.597. The van der Waals surface area contributed by atoms with Gasteiger partial charge in [-0.15, -0.1) is 0 Å². The maximum Gasteiger partial charge on any atom is 0.337 e. The summed E-state index contributed by atoms with van der Waals surface area (Å²) in [5.41, 5.74) is 0.254. The minimum Gasteiger partial charge on any atom is -0.506 e. The number of hydrogen-bond acceptors (Lipinski definition) is 6. The highest BCUT2D eigenvalue weighted by molar-refractivity contribution is 7.90. The molecular weight excluding hydrogens is 298 g/mol. The van der Waals surface area contributed by atoms with E-state index in [0.29, 0.717) is 0 Å². The number of phenols is 1. The van der Waals surface area contributed by atoms with Crippen molar-refractivity contribution in [1.29, 1.82) is 0 Å². The number of phenolic OH excluding ortho intramolecular Hbond substituents is 1. The fourth-order valence-corrected chi connectivity index (χ4v) is 2.26. The van der Waals surface area contributed by atoms with Gasteiger partial charge in [0.05, 0.1) is 24.1 Å². The molecule has 2 N–H and O–H groups in total. The van der Waals surface area contributed by atoms with Crippen LogP contribution in [0.5, 0.6) is 5.75 Å². The molecule has 0 aliphatic heterocycles. The largest absolute Gasteiger partial charge is 0.506 e. The molecule has 0 radical (unpaired) electrons. The first-order valence-corrected chi connectivity index (χ1v) is 8.18. The van der Waals surface area contributed by atoms with E-state index in [1.165, 1.54) is 25.3 Å². The smallest absolute Gasteiger partial charge is 0.337 e. The lowest BCUT2D eigenvalue weighted by Gasteiger charge is -2.08. The number of esters is 1. The fourth-order valence-electron chi connectivity index (χ4n) is 1.59. The van der Waals surface area contributed by atoms with Gasteiger partial charge in [0.1, 0.15) is 15.6 Å². The molecule has 1 rings (SSSR count). The molecule has 7 nitrogen and oxygen atoms in total. The SMILES string of the molecule is COC(=O)c1ccc(O)c(NC(=O)CCCS(C)(=O)=O)c1. The van der Waals surface area contributed by atoms with Crippen LogP contribution in [0.4, 0.5) is 5.69 Å². The molecule has 21 heavy (non-hydrogen) atoms. The summed E-state index contributed by atoms with van der Waals surface area (Å²) in [5.74, 6) is -1.33. The van der Waals surface area contributed by atoms with Crippen molar-refractivity contribution in [2.75, 3.05) is 24.4 Å². The predicted molar refractivity (Wildman–Crippen MR) is 77.0 cm³/mol. The van der Waals surface area contributed by atoms with Crippen LogP contribution >= 0.6 is 0 Å². The molecule has 1 amide bonds. The second-order valence-electron chi connectivity index (χ2n) is 4.51. The highest BCUT2D eigenvalue weighted by Gasteiger charge is 2.12. The molecule has 0 aromatic heterocycles. The number of carbonyl (C=O) groups is 2. The summed E-state index contributed by atoms with van der Waals surface area (Å²) in [6.45, 7) is 0. The van der Waals surface area contributed by atoms with Crippen molar-refractivity contribution in [2.45, 2.75) is 12.8 Å². The van der Waals surface area contributed by atoms with Gasteiger partial charge in [0.15, 0.2) is 0 Å². The van der Waals surface area contributed by atoms with Crippen molar-refractivity contribution in [3.63, 3.8) is 0 Å². The number of carbonyl (C=O) groups excluding carboxylic acids is 2. The third-order valence-corrected chi connectivity index (χ3v) is 3.64. The van der Waals surface area contributed by atoms with E-state index < -0.39 is 21.7 Å². The van der Waals surface area contributed by atoms with E-state index >= 15 is 0 Å². The van der Waals surface area contributed by atoms with E-state index in [1.807, 2.05) is 0 Å². The minimum absolute atomic E-state index is 0.00500. The zero-order valence-electron chi connectivity index (χ0n) is 11.8. The highest BCUT2D eigenvalue weighted by Crippen LogP contribution is 2.24. The van der Waals surface area contributed by atoms with Gasteiger partial charge in [0.25, 0.3) is 0 Å². The minimum atomic E-state index is -3.11. The van der Waals surface area contributed by atoms with Crippen molar-refractivity contribution in [3.05, 3.63) is 23.8 Å². The Labute approximate surface area is 122 Å². The number of ether oxygens (including phenoxy) is 1. The summed E-state index contributed by atoms with van der Waals surface area (Å²) < 4.78 is 26.4. The lowest BCUT2D eigenvalue weighted by atomic mass is 10.2. The van der Waals surface area contributed by atoms with Gasteiger partial charge in [-0.05, 0) is 24.6 Å². The summed E-state index contributed by atoms with van der Waals surface area (Å²) >= 11 is 0. The van der Waals surface area contributed by atoms with E-state index in [4.69, 9.17) is 0 Å². The van der Waals surface area contributed by atoms with Gasteiger partial charge in [-0.1, -0.05) is 0 Å². The summed E-state index contributed by atoms with van der Waals surface area (Å²) in [5, 5.41) is 12.1. The number of nitrogens with one attached hydrogen (secondary N) is 1. The van der Waals surface area contributed by atoms with Crippen LogP contribution in [0.2, 0.25) is 0 Å². The monoisotopic (exact) mass is 315 g/mol. The molecular formula is C13H17NO6S. The summed E-state index contributed by atoms with van der Waals surface area (Å²) in [6.07, 6.45) is 1.27. The van der Waals surface area contributed by atoms with Crippen molar-refractivity contribution < 1.29 is 27.9 Å². The summed E-state index contributed by atoms with van der Waals surface area (Å²) in [7, 11) is -1.89. The van der Waals surface area contributed by atoms with Crippen LogP contribution in [-0.2, 0) is 19.4 Å². The Morgan fingerprint density at radius 1 is 1.33 bits per heavy atom. The maximum absolute atomic E-state index is 11.7. The zero-order chi connectivity index (χ0) is 16.0. The normalized spacial score (nSPS) is 11.0. The molecule has 0 aliphatic carbocycles. The lowest BCUT2D eigenvalue weighted by molar-refractivity contribution is -0.116. The molecule has 0 saturated heterocycles. The van der Waals surface area contributed by atoms with Gasteiger partial charge < -0.3 is 15.2 Å². The second kappa shape index (κ2) is 7.07. The first-order valence-electron chi connectivity index (χ1n) is 6.12. The Bertz CT molecular complexity index is 638. The average molecular weight is 315 g/mol. The Kier molecular flexibility index (Phi) is 5.71. The Balaban J connectivity index is 2.69. The van der Waals surface area contributed by atoms with Gasteiger partial charge >= 0.3 is 5.97 Å². The Morgan fingerprint density at radius 3 is 2.57 bits per heavy atom. The summed E-state index contributed by atoms with van der Waals surface area (Å²) in [4.78, 5) is 23.0. The Hall–Kier alpha value is -2.09. The van der Waals surface area contributed by atoms with E-state index in [-0.39, 0.29) is 35.6 Å². The molecule has 1 aromatic rings. The maximum atomic E-state index is 11.7. The van der Waals surface area contributed by atoms with Crippen LogP contribution in [0.1, 0.15) is 23.2 Å². The van der Waals surface area contributed by atoms with Gasteiger partial charge in [0.2, 0.25) is 5.91 Å². The number of benzene rings is 1. The number of anilines is 1. The number of rotatable bonds is 6. The van der Waals surface area contributed by atoms with Crippen LogP contribution < -0.4 is 5.32 Å². The predicted octanol–water partition coefficient (Wildman–Crippen LogP) is 0.942. The van der Waals surface area contributed by atoms with Crippen molar-refractivity contribution in [2.24, 2.45) is 0 Å². The van der Waals surface area contributed by atoms with E-state index in [9.17, 15) is 23.1 Å². The fraction of sp³-hybridized carbons (Fsp3) is 0.385. The van der Waals surface area contributed by atoms with E-state index in [2.05, 4.69) is 10.1 Å². The van der Waals surface area contributed by atoms with Crippen LogP contribution in [-0.4, -0.2) is 44.5 Å². The van der Waals surface area contributed by atoms with Crippen LogP contribution in [0.3, 0.4) is 0 Å². The topological polar surface area (TPSA) is 110 Å². The molecule has 0 aliphatic rings. The van der Waals surface area contributed by atoms with Crippen LogP contribution in [0, 0.1) is 0 Å². The number of amides is 1. The third kappa shape index (κ3) is 5.82. The van der Waals surface area contributed by atoms with Crippen molar-refractivity contribution in [1.82, 2.24) is 0 Å². The number of methoxy groups -OCH3 is 1. The first kappa shape index (κ1) is 17.0. The average Bonchev–Trinajstić information content (AvgIpc) is 2.39. The highest BCUT2D eigenvalue weighted by atomic mass is 32.2. The molecule has 0 saturated carbocycles. The molecule has 0 atom stereocenters. The molecule has 8 heteroatoms. The molecule has 0 bridgehead atoms. The molecule has 0 unspecified atom stereocenters. The number of sulfone groups is 1. The standard InChI is InChI=1S/C13H17NO6S/c1-20-13(17)9-5-6-11(15)10(8-9)14-12(16)4-3-7-21(2,18)19/h5-6,8,15H,3-4,7H2,1-2H3,(H,14,16). The van der Waals surface area contributed by atoms with E-state index in [0.717, 1.165) is 6.26 Å². The molecule has 1 aromatic carbocycles. The van der Waals surface area contributed by atoms with Crippen LogP contribution in [0.25, 0.3) is 0 Å². The zero-order valence-corrected chi connectivity index (χ0v) is 12.6. The summed E-state index contributed by atoms with van der Waals surface area (Å²) in [6, 6.07) is 3.91. The van der Waals surface area contributed by atoms with Crippen molar-refractivity contribution in [3.8, 4) is 5.75 Å². The van der Waals surface area contributed by atoms with Gasteiger partial charge in [-0.25, -0.2) is 13.2 Å².